The first kappa shape index (κ1) is 28.6. The third kappa shape index (κ3) is 6.15. The van der Waals surface area contributed by atoms with E-state index in [0.717, 1.165) is 24.1 Å². The van der Waals surface area contributed by atoms with Crippen molar-refractivity contribution < 1.29 is 23.0 Å². The molecule has 0 amide bonds. The minimum Gasteiger partial charge on any atom is -0.490 e. The zero-order chi connectivity index (χ0) is 30.6. The third-order valence-electron chi connectivity index (χ3n) is 6.97. The smallest absolute Gasteiger partial charge is 0.289 e. The number of halogens is 2. The van der Waals surface area contributed by atoms with Crippen molar-refractivity contribution in [3.8, 4) is 34.4 Å². The second-order valence-electron chi connectivity index (χ2n) is 10.6. The maximum Gasteiger partial charge on any atom is 0.289 e. The van der Waals surface area contributed by atoms with E-state index in [1.807, 2.05) is 32.2 Å². The number of pyridine rings is 2. The molecule has 3 aromatic heterocycles. The Morgan fingerprint density at radius 1 is 1.11 bits per heavy atom. The number of nitriles is 1. The van der Waals surface area contributed by atoms with E-state index in [9.17, 15) is 5.26 Å². The molecular formula is C33H28F2N6O3. The summed E-state index contributed by atoms with van der Waals surface area (Å²) in [6.07, 6.45) is 7.38. The van der Waals surface area contributed by atoms with Crippen LogP contribution in [0, 0.1) is 28.9 Å². The number of aromatic amines is 1. The molecule has 222 valence electrons. The first-order valence-corrected chi connectivity index (χ1v) is 14.0. The molecule has 1 atom stereocenters. The van der Waals surface area contributed by atoms with Crippen LogP contribution in [-0.4, -0.2) is 40.2 Å². The summed E-state index contributed by atoms with van der Waals surface area (Å²) < 4.78 is 47.9. The van der Waals surface area contributed by atoms with E-state index in [-0.39, 0.29) is 29.5 Å². The van der Waals surface area contributed by atoms with E-state index in [4.69, 9.17) is 14.2 Å². The van der Waals surface area contributed by atoms with Crippen LogP contribution in [0.25, 0.3) is 22.2 Å². The first-order valence-electron chi connectivity index (χ1n) is 14.0. The monoisotopic (exact) mass is 594 g/mol. The molecule has 0 aliphatic carbocycles. The summed E-state index contributed by atoms with van der Waals surface area (Å²) in [4.78, 5) is 15.9. The Kier molecular flexibility index (Phi) is 8.06. The minimum atomic E-state index is -0.914. The van der Waals surface area contributed by atoms with Crippen molar-refractivity contribution >= 4 is 22.7 Å². The second kappa shape index (κ2) is 12.4. The van der Waals surface area contributed by atoms with E-state index in [1.54, 1.807) is 30.6 Å². The summed E-state index contributed by atoms with van der Waals surface area (Å²) in [5.41, 5.74) is 3.35. The predicted octanol–water partition coefficient (Wildman–Crippen LogP) is 7.01. The van der Waals surface area contributed by atoms with Crippen molar-refractivity contribution in [3.05, 3.63) is 96.1 Å². The number of H-pyrrole nitrogens is 1. The molecule has 11 heteroatoms. The lowest BCUT2D eigenvalue weighted by Gasteiger charge is -2.22. The van der Waals surface area contributed by atoms with E-state index in [2.05, 4.69) is 31.3 Å². The molecule has 9 nitrogen and oxygen atoms in total. The highest BCUT2D eigenvalue weighted by molar-refractivity contribution is 5.98. The van der Waals surface area contributed by atoms with Gasteiger partial charge >= 0.3 is 0 Å². The molecule has 2 aromatic carbocycles. The fraction of sp³-hybridized carbons (Fsp3) is 0.212. The van der Waals surface area contributed by atoms with Gasteiger partial charge in [0.25, 0.3) is 6.02 Å². The fourth-order valence-corrected chi connectivity index (χ4v) is 5.00. The molecule has 1 aliphatic heterocycles. The number of amidine groups is 1. The van der Waals surface area contributed by atoms with Crippen LogP contribution < -0.4 is 14.8 Å². The largest absolute Gasteiger partial charge is 0.490 e. The number of fused-ring (bicyclic) bond motifs is 1. The Bertz CT molecular complexity index is 1860. The van der Waals surface area contributed by atoms with Crippen molar-refractivity contribution in [2.75, 3.05) is 18.5 Å². The number of rotatable bonds is 8. The minimum absolute atomic E-state index is 0.102. The standard InChI is InChI=1S/C33H28F2N6O3/c1-19(2)43-28-6-5-22(11-23(28)14-36)25-17-39-32-30(25)29(7-9-38-32)44-31-26(34)12-24(13-27(31)35)41-33-40-16-21(18-42-33)10-20-4-3-8-37-15-20/h3-9,11-13,15,17,19,21H,10,16,18H2,1-2H3,(H,38,39)(H,40,41). The molecule has 6 rings (SSSR count). The van der Waals surface area contributed by atoms with Gasteiger partial charge in [-0.25, -0.2) is 18.8 Å². The maximum atomic E-state index is 15.3. The van der Waals surface area contributed by atoms with Crippen molar-refractivity contribution in [3.63, 3.8) is 0 Å². The molecule has 0 saturated carbocycles. The summed E-state index contributed by atoms with van der Waals surface area (Å²) in [5.74, 6) is -1.58. The van der Waals surface area contributed by atoms with E-state index in [1.165, 1.54) is 12.3 Å². The highest BCUT2D eigenvalue weighted by Gasteiger charge is 2.21. The van der Waals surface area contributed by atoms with Gasteiger partial charge in [0.1, 0.15) is 23.2 Å². The highest BCUT2D eigenvalue weighted by Crippen LogP contribution is 2.39. The van der Waals surface area contributed by atoms with Crippen LogP contribution in [0.3, 0.4) is 0 Å². The van der Waals surface area contributed by atoms with Crippen molar-refractivity contribution in [1.82, 2.24) is 15.0 Å². The lowest BCUT2D eigenvalue weighted by molar-refractivity contribution is 0.219. The molecular weight excluding hydrogens is 566 g/mol. The normalized spacial score (nSPS) is 14.5. The van der Waals surface area contributed by atoms with Crippen LogP contribution in [0.1, 0.15) is 25.0 Å². The number of ether oxygens (including phenoxy) is 3. The topological polar surface area (TPSA) is 117 Å². The summed E-state index contributed by atoms with van der Waals surface area (Å²) in [6, 6.07) is 15.2. The second-order valence-corrected chi connectivity index (χ2v) is 10.6. The molecule has 0 fully saturated rings. The summed E-state index contributed by atoms with van der Waals surface area (Å²) >= 11 is 0. The van der Waals surface area contributed by atoms with Crippen LogP contribution in [0.4, 0.5) is 14.5 Å². The molecule has 4 heterocycles. The van der Waals surface area contributed by atoms with Gasteiger partial charge in [0, 0.05) is 54.1 Å². The number of aromatic nitrogens is 3. The van der Waals surface area contributed by atoms with Crippen LogP contribution in [0.5, 0.6) is 17.2 Å². The van der Waals surface area contributed by atoms with Crippen LogP contribution in [-0.2, 0) is 11.2 Å². The molecule has 5 aromatic rings. The van der Waals surface area contributed by atoms with Crippen molar-refractivity contribution in [2.24, 2.45) is 10.9 Å². The Morgan fingerprint density at radius 2 is 1.95 bits per heavy atom. The Labute approximate surface area is 252 Å². The van der Waals surface area contributed by atoms with Gasteiger partial charge in [-0.1, -0.05) is 12.1 Å². The Balaban J connectivity index is 1.22. The predicted molar refractivity (Wildman–Crippen MR) is 162 cm³/mol. The average Bonchev–Trinajstić information content (AvgIpc) is 3.46. The molecule has 0 radical (unpaired) electrons. The molecule has 0 spiro atoms. The van der Waals surface area contributed by atoms with Gasteiger partial charge < -0.3 is 24.5 Å². The maximum absolute atomic E-state index is 15.3. The van der Waals surface area contributed by atoms with Gasteiger partial charge in [-0.05, 0) is 55.7 Å². The lowest BCUT2D eigenvalue weighted by Crippen LogP contribution is -2.29. The molecule has 2 N–H and O–H groups in total. The number of hydrogen-bond acceptors (Lipinski definition) is 8. The average molecular weight is 595 g/mol. The van der Waals surface area contributed by atoms with E-state index < -0.39 is 17.4 Å². The van der Waals surface area contributed by atoms with Crippen molar-refractivity contribution in [1.29, 1.82) is 5.26 Å². The SMILES string of the molecule is CC(C)Oc1ccc(-c2c[nH]c3nccc(Oc4c(F)cc(NC5=NCC(Cc6cccnc6)CO5)cc4F)c23)cc1C#N. The molecule has 1 aliphatic rings. The number of benzene rings is 2. The summed E-state index contributed by atoms with van der Waals surface area (Å²) in [5, 5.41) is 13.0. The van der Waals surface area contributed by atoms with Gasteiger partial charge in [0.05, 0.1) is 30.2 Å². The van der Waals surface area contributed by atoms with Gasteiger partial charge in [-0.2, -0.15) is 5.26 Å². The molecule has 1 unspecified atom stereocenters. The number of hydrogen-bond donors (Lipinski definition) is 2. The summed E-state index contributed by atoms with van der Waals surface area (Å²) in [6.45, 7) is 4.67. The molecule has 0 bridgehead atoms. The number of anilines is 1. The first-order chi connectivity index (χ1) is 21.4. The van der Waals surface area contributed by atoms with Crippen LogP contribution in [0.15, 0.2) is 78.3 Å². The highest BCUT2D eigenvalue weighted by atomic mass is 19.1. The van der Waals surface area contributed by atoms with Gasteiger partial charge in [0.2, 0.25) is 0 Å². The number of nitrogens with zero attached hydrogens (tertiary/aromatic N) is 4. The summed E-state index contributed by atoms with van der Waals surface area (Å²) in [7, 11) is 0. The van der Waals surface area contributed by atoms with E-state index >= 15 is 8.78 Å². The lowest BCUT2D eigenvalue weighted by atomic mass is 10.0. The molecule has 44 heavy (non-hydrogen) atoms. The fourth-order valence-electron chi connectivity index (χ4n) is 5.00. The number of aliphatic imine (C=N–C) groups is 1. The third-order valence-corrected chi connectivity index (χ3v) is 6.97. The zero-order valence-corrected chi connectivity index (χ0v) is 24.0. The van der Waals surface area contributed by atoms with Gasteiger partial charge in [0.15, 0.2) is 17.4 Å². The molecule has 0 saturated heterocycles. The van der Waals surface area contributed by atoms with Crippen molar-refractivity contribution in [2.45, 2.75) is 26.4 Å². The van der Waals surface area contributed by atoms with E-state index in [0.29, 0.717) is 46.6 Å². The van der Waals surface area contributed by atoms with Gasteiger partial charge in [-0.15, -0.1) is 0 Å². The Morgan fingerprint density at radius 3 is 2.66 bits per heavy atom. The number of nitrogens with one attached hydrogen (secondary N) is 2. The van der Waals surface area contributed by atoms with Crippen LogP contribution in [0.2, 0.25) is 0 Å². The Hall–Kier alpha value is -5.50. The quantitative estimate of drug-likeness (QED) is 0.198. The van der Waals surface area contributed by atoms with Crippen LogP contribution >= 0.6 is 0 Å². The zero-order valence-electron chi connectivity index (χ0n) is 24.0. The van der Waals surface area contributed by atoms with Gasteiger partial charge in [-0.3, -0.25) is 4.98 Å².